The number of hydrogen-bond acceptors (Lipinski definition) is 13. The molecule has 0 aromatic heterocycles. The minimum atomic E-state index is -4.87. The third-order valence-electron chi connectivity index (χ3n) is 6.12. The first-order valence-electron chi connectivity index (χ1n) is 13.5. The van der Waals surface area contributed by atoms with E-state index in [0.717, 1.165) is 24.3 Å². The topological polar surface area (TPSA) is 352 Å². The molecule has 268 valence electrons. The van der Waals surface area contributed by atoms with E-state index in [1.807, 2.05) is 0 Å². The van der Waals surface area contributed by atoms with Gasteiger partial charge in [-0.2, -0.15) is 16.8 Å². The van der Waals surface area contributed by atoms with Crippen LogP contribution in [0.25, 0.3) is 0 Å². The zero-order valence-corrected chi connectivity index (χ0v) is 26.4. The Hall–Kier alpha value is -5.36. The maximum atomic E-state index is 13.3. The molecule has 2 rings (SSSR count). The zero-order chi connectivity index (χ0) is 37.1. The van der Waals surface area contributed by atoms with Crippen molar-refractivity contribution < 1.29 is 78.4 Å². The van der Waals surface area contributed by atoms with Gasteiger partial charge in [-0.15, -0.1) is 0 Å². The number of rotatable bonds is 19. The smallest absolute Gasteiger partial charge is 0.446 e. The molecule has 0 aliphatic heterocycles. The summed E-state index contributed by atoms with van der Waals surface area (Å²) in [7, 11) is -9.71. The Morgan fingerprint density at radius 3 is 1.35 bits per heavy atom. The Bertz CT molecular complexity index is 1760. The van der Waals surface area contributed by atoms with E-state index in [1.165, 1.54) is 24.3 Å². The summed E-state index contributed by atoms with van der Waals surface area (Å²) in [5.41, 5.74) is 5.98. The van der Waals surface area contributed by atoms with Gasteiger partial charge < -0.3 is 45.4 Å². The van der Waals surface area contributed by atoms with Crippen molar-refractivity contribution in [1.82, 2.24) is 16.0 Å². The van der Waals surface area contributed by atoms with Crippen molar-refractivity contribution in [1.29, 1.82) is 0 Å². The Balaban J connectivity index is 2.29. The lowest BCUT2D eigenvalue weighted by molar-refractivity contribution is -0.143. The predicted octanol–water partition coefficient (Wildman–Crippen LogP) is -2.35. The summed E-state index contributed by atoms with van der Waals surface area (Å²) in [4.78, 5) is 73.5. The zero-order valence-electron chi connectivity index (χ0n) is 24.8. The summed E-state index contributed by atoms with van der Waals surface area (Å²) in [6, 6.07) is 2.16. The molecule has 2 aromatic carbocycles. The number of carboxylic acids is 3. The van der Waals surface area contributed by atoms with Crippen LogP contribution >= 0.6 is 0 Å². The lowest BCUT2D eigenvalue weighted by atomic mass is 10.0. The van der Waals surface area contributed by atoms with E-state index in [-0.39, 0.29) is 22.6 Å². The van der Waals surface area contributed by atoms with Gasteiger partial charge >= 0.3 is 38.7 Å². The van der Waals surface area contributed by atoms with Crippen LogP contribution < -0.4 is 30.1 Å². The monoisotopic (exact) mass is 734 g/mol. The van der Waals surface area contributed by atoms with E-state index in [2.05, 4.69) is 24.3 Å². The molecule has 0 heterocycles. The van der Waals surface area contributed by atoms with Crippen LogP contribution in [-0.4, -0.2) is 101 Å². The van der Waals surface area contributed by atoms with Crippen LogP contribution in [-0.2, 0) is 62.4 Å². The summed E-state index contributed by atoms with van der Waals surface area (Å²) >= 11 is 0. The molecule has 0 radical (unpaired) electrons. The van der Waals surface area contributed by atoms with E-state index in [4.69, 9.17) is 19.9 Å². The molecule has 0 spiro atoms. The van der Waals surface area contributed by atoms with Crippen molar-refractivity contribution in [3.8, 4) is 11.5 Å². The van der Waals surface area contributed by atoms with Crippen molar-refractivity contribution >= 4 is 56.4 Å². The first-order valence-corrected chi connectivity index (χ1v) is 16.2. The average Bonchev–Trinajstić information content (AvgIpc) is 2.95. The molecule has 4 atom stereocenters. The number of hydrogen-bond donors (Lipinski definition) is 9. The molecule has 0 bridgehead atoms. The number of aliphatic carboxylic acids is 3. The molecule has 0 fully saturated rings. The Kier molecular flexibility index (Phi) is 13.9. The highest BCUT2D eigenvalue weighted by molar-refractivity contribution is 7.81. The largest absolute Gasteiger partial charge is 0.481 e. The molecule has 0 saturated heterocycles. The third-order valence-corrected chi connectivity index (χ3v) is 6.93. The van der Waals surface area contributed by atoms with Crippen molar-refractivity contribution in [2.75, 3.05) is 0 Å². The van der Waals surface area contributed by atoms with Crippen molar-refractivity contribution in [2.45, 2.75) is 49.9 Å². The molecular weight excluding hydrogens is 704 g/mol. The fourth-order valence-electron chi connectivity index (χ4n) is 3.97. The first kappa shape index (κ1) is 39.8. The van der Waals surface area contributed by atoms with Gasteiger partial charge in [-0.25, -0.2) is 4.79 Å². The maximum Gasteiger partial charge on any atom is 0.446 e. The van der Waals surface area contributed by atoms with E-state index in [0.29, 0.717) is 0 Å². The van der Waals surface area contributed by atoms with E-state index >= 15 is 0 Å². The highest BCUT2D eigenvalue weighted by atomic mass is 32.3. The van der Waals surface area contributed by atoms with Crippen LogP contribution in [0.5, 0.6) is 11.5 Å². The molecule has 23 heteroatoms. The number of nitrogens with one attached hydrogen (secondary N) is 3. The second kappa shape index (κ2) is 17.2. The second-order valence-corrected chi connectivity index (χ2v) is 12.1. The number of amides is 3. The predicted molar refractivity (Wildman–Crippen MR) is 161 cm³/mol. The second-order valence-electron chi connectivity index (χ2n) is 10.0. The molecule has 0 aliphatic rings. The maximum absolute atomic E-state index is 13.3. The lowest BCUT2D eigenvalue weighted by Crippen LogP contribution is -2.58. The van der Waals surface area contributed by atoms with Crippen molar-refractivity contribution in [3.05, 3.63) is 59.7 Å². The van der Waals surface area contributed by atoms with Crippen LogP contribution in [0.3, 0.4) is 0 Å². The normalized spacial score (nSPS) is 13.9. The van der Waals surface area contributed by atoms with Gasteiger partial charge in [0.1, 0.15) is 29.6 Å². The molecule has 0 saturated carbocycles. The Morgan fingerprint density at radius 1 is 0.592 bits per heavy atom. The van der Waals surface area contributed by atoms with Gasteiger partial charge in [0.2, 0.25) is 17.7 Å². The van der Waals surface area contributed by atoms with Crippen molar-refractivity contribution in [2.24, 2.45) is 5.73 Å². The summed E-state index contributed by atoms with van der Waals surface area (Å²) in [5, 5.41) is 34.4. The minimum Gasteiger partial charge on any atom is -0.481 e. The third kappa shape index (κ3) is 14.9. The van der Waals surface area contributed by atoms with E-state index in [1.54, 1.807) is 0 Å². The summed E-state index contributed by atoms with van der Waals surface area (Å²) in [5.74, 6) is -8.93. The van der Waals surface area contributed by atoms with Gasteiger partial charge in [-0.3, -0.25) is 33.1 Å². The Morgan fingerprint density at radius 2 is 0.959 bits per heavy atom. The van der Waals surface area contributed by atoms with Crippen molar-refractivity contribution in [3.63, 3.8) is 0 Å². The SMILES string of the molecule is N[C@@H](CC(=O)O)C(=O)N[C@@H](Cc1ccc(OS(=O)(=O)O)cc1)C(=O)N[C@@H](CC(=O)O)C(=O)N[C@@H](Cc1ccc(OS(=O)(=O)O)cc1)C(=O)O. The standard InChI is InChI=1S/C26H30N4O17S2/c27-17(11-21(31)32)23(35)28-18(9-13-1-5-15(6-2-13)46-48(40,41)42)24(36)29-19(12-22(33)34)25(37)30-20(26(38)39)10-14-3-7-16(8-4-14)47-49(43,44)45/h1-8,17-20H,9-12,27H2,(H,28,35)(H,29,36)(H,30,37)(H,31,32)(H,33,34)(H,38,39)(H,40,41,42)(H,43,44,45)/t17-,18-,19-,20-/m0/s1. The van der Waals surface area contributed by atoms with Crippen LogP contribution in [0.4, 0.5) is 0 Å². The van der Waals surface area contributed by atoms with Gasteiger partial charge in [-0.05, 0) is 35.4 Å². The van der Waals surface area contributed by atoms with Gasteiger partial charge in [0, 0.05) is 12.8 Å². The van der Waals surface area contributed by atoms with Gasteiger partial charge in [0.25, 0.3) is 0 Å². The number of benzene rings is 2. The molecular formula is C26H30N4O17S2. The first-order chi connectivity index (χ1) is 22.6. The number of carbonyl (C=O) groups excluding carboxylic acids is 3. The fraction of sp³-hybridized carbons (Fsp3) is 0.308. The number of carbonyl (C=O) groups is 6. The molecule has 0 unspecified atom stereocenters. The average molecular weight is 735 g/mol. The fourth-order valence-corrected chi connectivity index (χ4v) is 4.68. The highest BCUT2D eigenvalue weighted by Gasteiger charge is 2.32. The minimum absolute atomic E-state index is 0.202. The lowest BCUT2D eigenvalue weighted by Gasteiger charge is -2.24. The number of carboxylic acid groups (broad SMARTS) is 3. The molecule has 3 amide bonds. The summed E-state index contributed by atoms with van der Waals surface area (Å²) in [6.45, 7) is 0. The van der Waals surface area contributed by atoms with Crippen LogP contribution in [0.2, 0.25) is 0 Å². The van der Waals surface area contributed by atoms with E-state index < -0.39 is 106 Å². The molecule has 10 N–H and O–H groups in total. The molecule has 2 aromatic rings. The van der Waals surface area contributed by atoms with Gasteiger partial charge in [0.05, 0.1) is 18.9 Å². The van der Waals surface area contributed by atoms with Crippen LogP contribution in [0.15, 0.2) is 48.5 Å². The highest BCUT2D eigenvalue weighted by Crippen LogP contribution is 2.17. The molecule has 49 heavy (non-hydrogen) atoms. The van der Waals surface area contributed by atoms with Gasteiger partial charge in [0.15, 0.2) is 0 Å². The van der Waals surface area contributed by atoms with Crippen LogP contribution in [0.1, 0.15) is 24.0 Å². The molecule has 0 aliphatic carbocycles. The van der Waals surface area contributed by atoms with Gasteiger partial charge in [-0.1, -0.05) is 24.3 Å². The quantitative estimate of drug-likeness (QED) is 0.0682. The van der Waals surface area contributed by atoms with E-state index in [9.17, 15) is 55.8 Å². The van der Waals surface area contributed by atoms with Crippen LogP contribution in [0, 0.1) is 0 Å². The summed E-state index contributed by atoms with van der Waals surface area (Å²) < 4.78 is 69.7. The Labute approximate surface area is 277 Å². The molecule has 21 nitrogen and oxygen atoms in total. The summed E-state index contributed by atoms with van der Waals surface area (Å²) in [6.07, 6.45) is -2.79. The number of nitrogens with two attached hydrogens (primary N) is 1.